The van der Waals surface area contributed by atoms with Crippen LogP contribution in [0.1, 0.15) is 67.7 Å². The molecule has 9 heteroatoms. The number of carbonyl (C=O) groups excluding carboxylic acids is 3. The third-order valence-electron chi connectivity index (χ3n) is 6.08. The van der Waals surface area contributed by atoms with Gasteiger partial charge in [0.25, 0.3) is 5.91 Å². The summed E-state index contributed by atoms with van der Waals surface area (Å²) in [6.07, 6.45) is 1.79. The van der Waals surface area contributed by atoms with Gasteiger partial charge in [0.05, 0.1) is 19.8 Å². The van der Waals surface area contributed by atoms with Crippen molar-refractivity contribution in [2.45, 2.75) is 66.0 Å². The molecule has 0 bridgehead atoms. The monoisotopic (exact) mass is 514 g/mol. The number of aryl methyl sites for hydroxylation is 2. The molecule has 0 fully saturated rings. The minimum Gasteiger partial charge on any atom is -0.493 e. The largest absolute Gasteiger partial charge is 0.493 e. The van der Waals surface area contributed by atoms with Crippen LogP contribution >= 0.6 is 0 Å². The second-order valence-electron chi connectivity index (χ2n) is 9.72. The summed E-state index contributed by atoms with van der Waals surface area (Å²) in [5, 5.41) is 2.69. The molecule has 2 rings (SSSR count). The molecule has 1 N–H and O–H groups in total. The number of carbonyl (C=O) groups is 3. The molecule has 202 valence electrons. The molecule has 3 atom stereocenters. The van der Waals surface area contributed by atoms with Crippen molar-refractivity contribution in [3.8, 4) is 11.5 Å². The lowest BCUT2D eigenvalue weighted by molar-refractivity contribution is -0.147. The summed E-state index contributed by atoms with van der Waals surface area (Å²) < 4.78 is 21.7. The van der Waals surface area contributed by atoms with E-state index in [2.05, 4.69) is 56.2 Å². The summed E-state index contributed by atoms with van der Waals surface area (Å²) in [5.74, 6) is -0.634. The number of ether oxygens (including phenoxy) is 4. The number of benzene rings is 1. The normalized spacial score (nSPS) is 14.3. The number of aromatic nitrogens is 1. The molecule has 1 aromatic carbocycles. The third kappa shape index (κ3) is 8.01. The number of hydrogen-bond donors (Lipinski definition) is 1. The summed E-state index contributed by atoms with van der Waals surface area (Å²) >= 11 is 0. The van der Waals surface area contributed by atoms with Crippen molar-refractivity contribution in [1.82, 2.24) is 10.3 Å². The van der Waals surface area contributed by atoms with E-state index in [0.717, 1.165) is 0 Å². The van der Waals surface area contributed by atoms with Crippen LogP contribution in [0.2, 0.25) is 0 Å². The Morgan fingerprint density at radius 3 is 2.43 bits per heavy atom. The van der Waals surface area contributed by atoms with Crippen LogP contribution < -0.4 is 14.8 Å². The highest BCUT2D eigenvalue weighted by molar-refractivity contribution is 5.97. The molecule has 0 unspecified atom stereocenters. The first-order valence-corrected chi connectivity index (χ1v) is 12.2. The van der Waals surface area contributed by atoms with Gasteiger partial charge in [0.2, 0.25) is 6.79 Å². The van der Waals surface area contributed by atoms with E-state index in [9.17, 15) is 14.4 Å². The molecule has 0 saturated carbocycles. The zero-order valence-corrected chi connectivity index (χ0v) is 22.9. The summed E-state index contributed by atoms with van der Waals surface area (Å²) in [4.78, 5) is 40.4. The predicted octanol–water partition coefficient (Wildman–Crippen LogP) is 4.14. The van der Waals surface area contributed by atoms with Gasteiger partial charge >= 0.3 is 5.97 Å². The summed E-state index contributed by atoms with van der Waals surface area (Å²) in [7, 11) is 1.40. The third-order valence-corrected chi connectivity index (χ3v) is 6.08. The van der Waals surface area contributed by atoms with Gasteiger partial charge < -0.3 is 29.1 Å². The molecule has 0 radical (unpaired) electrons. The van der Waals surface area contributed by atoms with Crippen molar-refractivity contribution in [2.75, 3.05) is 20.5 Å². The molecule has 1 heterocycles. The van der Waals surface area contributed by atoms with Crippen molar-refractivity contribution in [3.63, 3.8) is 0 Å². The molecular formula is C28H38N2O7. The van der Waals surface area contributed by atoms with Crippen LogP contribution in [-0.4, -0.2) is 55.3 Å². The van der Waals surface area contributed by atoms with Crippen LogP contribution in [0.3, 0.4) is 0 Å². The Morgan fingerprint density at radius 1 is 1.16 bits per heavy atom. The second-order valence-corrected chi connectivity index (χ2v) is 9.72. The predicted molar refractivity (Wildman–Crippen MR) is 139 cm³/mol. The Balaban J connectivity index is 2.20. The molecular weight excluding hydrogens is 476 g/mol. The van der Waals surface area contributed by atoms with E-state index in [1.165, 1.54) is 43.0 Å². The smallest absolute Gasteiger partial charge is 0.305 e. The van der Waals surface area contributed by atoms with Crippen molar-refractivity contribution < 1.29 is 33.3 Å². The van der Waals surface area contributed by atoms with E-state index in [4.69, 9.17) is 18.9 Å². The lowest BCUT2D eigenvalue weighted by atomic mass is 9.82. The molecule has 37 heavy (non-hydrogen) atoms. The molecule has 1 aromatic heterocycles. The first-order chi connectivity index (χ1) is 17.4. The van der Waals surface area contributed by atoms with Gasteiger partial charge in [-0.3, -0.25) is 9.59 Å². The molecule has 2 aromatic rings. The zero-order valence-electron chi connectivity index (χ0n) is 22.9. The second kappa shape index (κ2) is 13.2. The number of amides is 1. The van der Waals surface area contributed by atoms with Crippen molar-refractivity contribution in [1.29, 1.82) is 0 Å². The van der Waals surface area contributed by atoms with Crippen LogP contribution in [0.25, 0.3) is 0 Å². The van der Waals surface area contributed by atoms with Crippen molar-refractivity contribution in [3.05, 3.63) is 52.8 Å². The van der Waals surface area contributed by atoms with Gasteiger partial charge in [-0.1, -0.05) is 37.6 Å². The van der Waals surface area contributed by atoms with E-state index >= 15 is 0 Å². The fourth-order valence-electron chi connectivity index (χ4n) is 4.24. The molecule has 0 aliphatic heterocycles. The number of esters is 1. The number of methoxy groups -OCH3 is 1. The summed E-state index contributed by atoms with van der Waals surface area (Å²) in [5.41, 5.74) is 2.11. The van der Waals surface area contributed by atoms with Crippen LogP contribution in [0.4, 0.5) is 0 Å². The van der Waals surface area contributed by atoms with Crippen LogP contribution in [0, 0.1) is 19.8 Å². The molecule has 0 aliphatic carbocycles. The number of pyridine rings is 1. The quantitative estimate of drug-likeness (QED) is 0.241. The van der Waals surface area contributed by atoms with Gasteiger partial charge in [0, 0.05) is 25.1 Å². The van der Waals surface area contributed by atoms with Gasteiger partial charge in [-0.25, -0.2) is 4.98 Å². The Morgan fingerprint density at radius 2 is 1.86 bits per heavy atom. The molecule has 0 aliphatic rings. The van der Waals surface area contributed by atoms with Gasteiger partial charge in [0.1, 0.15) is 11.8 Å². The Kier molecular flexibility index (Phi) is 10.6. The fourth-order valence-corrected chi connectivity index (χ4v) is 4.24. The molecule has 0 spiro atoms. The Hall–Kier alpha value is -3.46. The van der Waals surface area contributed by atoms with Crippen molar-refractivity contribution >= 4 is 18.2 Å². The summed E-state index contributed by atoms with van der Waals surface area (Å²) in [6.45, 7) is 12.7. The molecule has 0 saturated heterocycles. The SMILES string of the molecule is COc1ccnc(C(=O)N[C@](C)(C=O)CO[C@@H](C)[C@@H](c2ccc(C)cc2C)C(C)C)c1OCOC(C)=O. The first kappa shape index (κ1) is 29.8. The van der Waals surface area contributed by atoms with Gasteiger partial charge in [-0.2, -0.15) is 0 Å². The highest BCUT2D eigenvalue weighted by atomic mass is 16.7. The minimum atomic E-state index is -1.34. The average Bonchev–Trinajstić information content (AvgIpc) is 2.83. The first-order valence-electron chi connectivity index (χ1n) is 12.2. The summed E-state index contributed by atoms with van der Waals surface area (Å²) in [6, 6.07) is 7.86. The lowest BCUT2D eigenvalue weighted by Crippen LogP contribution is -2.52. The van der Waals surface area contributed by atoms with Crippen LogP contribution in [0.15, 0.2) is 30.5 Å². The van der Waals surface area contributed by atoms with Gasteiger partial charge in [-0.05, 0) is 44.7 Å². The van der Waals surface area contributed by atoms with E-state index in [1.807, 2.05) is 6.92 Å². The van der Waals surface area contributed by atoms with E-state index in [-0.39, 0.29) is 41.7 Å². The number of rotatable bonds is 13. The number of nitrogens with one attached hydrogen (secondary N) is 1. The number of hydrogen-bond acceptors (Lipinski definition) is 8. The van der Waals surface area contributed by atoms with Crippen LogP contribution in [-0.2, 0) is 19.1 Å². The minimum absolute atomic E-state index is 0.0130. The number of aldehydes is 1. The molecule has 1 amide bonds. The van der Waals surface area contributed by atoms with E-state index < -0.39 is 24.2 Å². The topological polar surface area (TPSA) is 113 Å². The highest BCUT2D eigenvalue weighted by Gasteiger charge is 2.32. The maximum absolute atomic E-state index is 13.2. The standard InChI is InChI=1S/C28H38N2O7/c1-17(2)24(22-10-9-18(3)13-19(22)4)20(5)35-15-28(7,14-31)30-27(33)25-26(37-16-36-21(6)32)23(34-8)11-12-29-25/h9-14,17,20,24H,15-16H2,1-8H3,(H,30,33)/t20-,24-,28+/m0/s1. The van der Waals surface area contributed by atoms with Gasteiger partial charge in [-0.15, -0.1) is 0 Å². The Labute approximate surface area is 218 Å². The van der Waals surface area contributed by atoms with E-state index in [1.54, 1.807) is 6.92 Å². The fraction of sp³-hybridized carbons (Fsp3) is 0.500. The maximum atomic E-state index is 13.2. The maximum Gasteiger partial charge on any atom is 0.305 e. The molecule has 9 nitrogen and oxygen atoms in total. The van der Waals surface area contributed by atoms with Gasteiger partial charge in [0.15, 0.2) is 17.2 Å². The lowest BCUT2D eigenvalue weighted by Gasteiger charge is -2.32. The van der Waals surface area contributed by atoms with Crippen LogP contribution in [0.5, 0.6) is 11.5 Å². The number of nitrogens with zero attached hydrogens (tertiary/aromatic N) is 1. The zero-order chi connectivity index (χ0) is 27.8. The van der Waals surface area contributed by atoms with E-state index in [0.29, 0.717) is 6.29 Å². The highest BCUT2D eigenvalue weighted by Crippen LogP contribution is 2.33. The van der Waals surface area contributed by atoms with Crippen molar-refractivity contribution in [2.24, 2.45) is 5.92 Å². The average molecular weight is 515 g/mol. The Bertz CT molecular complexity index is 1100.